The minimum absolute atomic E-state index is 0.207. The Morgan fingerprint density at radius 2 is 1.93 bits per heavy atom. The van der Waals surface area contributed by atoms with Gasteiger partial charge in [-0.2, -0.15) is 0 Å². The lowest BCUT2D eigenvalue weighted by Crippen LogP contribution is -2.01. The summed E-state index contributed by atoms with van der Waals surface area (Å²) >= 11 is 0. The van der Waals surface area contributed by atoms with Gasteiger partial charge in [0.05, 0.1) is 6.10 Å². The van der Waals surface area contributed by atoms with Crippen LogP contribution < -0.4 is 0 Å². The maximum Gasteiger partial charge on any atom is 0.0720 e. The van der Waals surface area contributed by atoms with Gasteiger partial charge in [0.15, 0.2) is 0 Å². The zero-order chi connectivity index (χ0) is 10.9. The van der Waals surface area contributed by atoms with Gasteiger partial charge in [-0.3, -0.25) is 0 Å². The van der Waals surface area contributed by atoms with Gasteiger partial charge < -0.3 is 5.11 Å². The second-order valence-electron chi connectivity index (χ2n) is 4.88. The van der Waals surface area contributed by atoms with E-state index in [0.29, 0.717) is 0 Å². The van der Waals surface area contributed by atoms with Crippen molar-refractivity contribution < 1.29 is 5.11 Å². The molecule has 0 aromatic carbocycles. The highest BCUT2D eigenvalue weighted by molar-refractivity contribution is 4.84. The molecule has 1 fully saturated rings. The summed E-state index contributed by atoms with van der Waals surface area (Å²) < 4.78 is 0. The molecule has 1 saturated carbocycles. The van der Waals surface area contributed by atoms with E-state index in [2.05, 4.69) is 0 Å². The highest BCUT2D eigenvalue weighted by Gasteiger charge is 2.13. The standard InChI is InChI=1S/C14H26O/c1-2-8-14(15)12-5-3-4-9-13-10-6-7-11-13/h2,8,13-15H,3-7,9-12H2,1H3/b8-2+/t14-/m1/s1. The molecule has 0 saturated heterocycles. The number of aliphatic hydroxyl groups is 1. The minimum atomic E-state index is -0.207. The Kier molecular flexibility index (Phi) is 6.74. The fourth-order valence-corrected chi connectivity index (χ4v) is 2.58. The molecule has 0 aromatic rings. The van der Waals surface area contributed by atoms with Gasteiger partial charge in [0.2, 0.25) is 0 Å². The van der Waals surface area contributed by atoms with Crippen molar-refractivity contribution in [2.24, 2.45) is 5.92 Å². The van der Waals surface area contributed by atoms with Gasteiger partial charge in [-0.1, -0.05) is 63.5 Å². The summed E-state index contributed by atoms with van der Waals surface area (Å²) in [6, 6.07) is 0. The molecule has 15 heavy (non-hydrogen) atoms. The molecular weight excluding hydrogens is 184 g/mol. The molecule has 0 radical (unpaired) electrons. The van der Waals surface area contributed by atoms with Gasteiger partial charge in [0, 0.05) is 0 Å². The van der Waals surface area contributed by atoms with E-state index in [1.165, 1.54) is 51.4 Å². The molecule has 0 spiro atoms. The topological polar surface area (TPSA) is 20.2 Å². The van der Waals surface area contributed by atoms with E-state index < -0.39 is 0 Å². The number of hydrogen-bond acceptors (Lipinski definition) is 1. The van der Waals surface area contributed by atoms with Gasteiger partial charge in [-0.15, -0.1) is 0 Å². The quantitative estimate of drug-likeness (QED) is 0.496. The molecule has 1 aliphatic carbocycles. The van der Waals surface area contributed by atoms with Crippen LogP contribution in [0.15, 0.2) is 12.2 Å². The molecule has 0 heterocycles. The fourth-order valence-electron chi connectivity index (χ4n) is 2.58. The van der Waals surface area contributed by atoms with Crippen LogP contribution in [0.1, 0.15) is 64.7 Å². The Labute approximate surface area is 94.6 Å². The molecule has 1 N–H and O–H groups in total. The average molecular weight is 210 g/mol. The van der Waals surface area contributed by atoms with Crippen molar-refractivity contribution in [1.29, 1.82) is 0 Å². The summed E-state index contributed by atoms with van der Waals surface area (Å²) in [6.07, 6.45) is 15.7. The van der Waals surface area contributed by atoms with Gasteiger partial charge in [0.25, 0.3) is 0 Å². The van der Waals surface area contributed by atoms with E-state index in [9.17, 15) is 5.11 Å². The Bertz CT molecular complexity index is 168. The van der Waals surface area contributed by atoms with Crippen LogP contribution in [0.5, 0.6) is 0 Å². The lowest BCUT2D eigenvalue weighted by atomic mass is 9.99. The number of hydrogen-bond donors (Lipinski definition) is 1. The predicted molar refractivity (Wildman–Crippen MR) is 65.9 cm³/mol. The molecule has 1 heteroatoms. The maximum absolute atomic E-state index is 9.47. The third kappa shape index (κ3) is 5.99. The van der Waals surface area contributed by atoms with Crippen molar-refractivity contribution >= 4 is 0 Å². The van der Waals surface area contributed by atoms with Crippen LogP contribution in [-0.2, 0) is 0 Å². The van der Waals surface area contributed by atoms with Crippen molar-refractivity contribution in [2.75, 3.05) is 0 Å². The first kappa shape index (κ1) is 12.8. The summed E-state index contributed by atoms with van der Waals surface area (Å²) in [5.41, 5.74) is 0. The Hall–Kier alpha value is -0.300. The van der Waals surface area contributed by atoms with Crippen LogP contribution in [0.3, 0.4) is 0 Å². The molecule has 1 aliphatic rings. The van der Waals surface area contributed by atoms with Crippen LogP contribution in [-0.4, -0.2) is 11.2 Å². The van der Waals surface area contributed by atoms with Crippen molar-refractivity contribution in [3.63, 3.8) is 0 Å². The molecule has 1 atom stereocenters. The Balaban J connectivity index is 1.88. The summed E-state index contributed by atoms with van der Waals surface area (Å²) in [6.45, 7) is 1.96. The van der Waals surface area contributed by atoms with E-state index in [0.717, 1.165) is 12.3 Å². The van der Waals surface area contributed by atoms with Gasteiger partial charge >= 0.3 is 0 Å². The number of aliphatic hydroxyl groups excluding tert-OH is 1. The van der Waals surface area contributed by atoms with E-state index in [-0.39, 0.29) is 6.10 Å². The smallest absolute Gasteiger partial charge is 0.0720 e. The normalized spacial score (nSPS) is 20.1. The van der Waals surface area contributed by atoms with Crippen LogP contribution in [0.4, 0.5) is 0 Å². The first-order chi connectivity index (χ1) is 7.33. The zero-order valence-electron chi connectivity index (χ0n) is 10.1. The van der Waals surface area contributed by atoms with E-state index in [4.69, 9.17) is 0 Å². The molecule has 0 aromatic heterocycles. The monoisotopic (exact) mass is 210 g/mol. The second-order valence-corrected chi connectivity index (χ2v) is 4.88. The van der Waals surface area contributed by atoms with E-state index in [1.807, 2.05) is 19.1 Å². The highest BCUT2D eigenvalue weighted by Crippen LogP contribution is 2.29. The first-order valence-electron chi connectivity index (χ1n) is 6.64. The van der Waals surface area contributed by atoms with Crippen LogP contribution in [0, 0.1) is 5.92 Å². The number of rotatable bonds is 7. The van der Waals surface area contributed by atoms with Gasteiger partial charge in [-0.05, 0) is 19.3 Å². The molecule has 0 aliphatic heterocycles. The van der Waals surface area contributed by atoms with Crippen LogP contribution >= 0.6 is 0 Å². The molecule has 88 valence electrons. The fraction of sp³-hybridized carbons (Fsp3) is 0.857. The first-order valence-corrected chi connectivity index (χ1v) is 6.64. The van der Waals surface area contributed by atoms with Gasteiger partial charge in [0.1, 0.15) is 0 Å². The number of allylic oxidation sites excluding steroid dienone is 1. The third-order valence-corrected chi connectivity index (χ3v) is 3.50. The van der Waals surface area contributed by atoms with E-state index in [1.54, 1.807) is 0 Å². The third-order valence-electron chi connectivity index (χ3n) is 3.50. The highest BCUT2D eigenvalue weighted by atomic mass is 16.3. The molecule has 0 unspecified atom stereocenters. The lowest BCUT2D eigenvalue weighted by Gasteiger charge is -2.08. The summed E-state index contributed by atoms with van der Waals surface area (Å²) in [5.74, 6) is 1.03. The number of unbranched alkanes of at least 4 members (excludes halogenated alkanes) is 2. The maximum atomic E-state index is 9.47. The van der Waals surface area contributed by atoms with Crippen molar-refractivity contribution in [1.82, 2.24) is 0 Å². The second kappa shape index (κ2) is 7.92. The largest absolute Gasteiger partial charge is 0.389 e. The summed E-state index contributed by atoms with van der Waals surface area (Å²) in [7, 11) is 0. The minimum Gasteiger partial charge on any atom is -0.389 e. The van der Waals surface area contributed by atoms with Crippen molar-refractivity contribution in [2.45, 2.75) is 70.8 Å². The van der Waals surface area contributed by atoms with Crippen LogP contribution in [0.25, 0.3) is 0 Å². The Morgan fingerprint density at radius 3 is 2.60 bits per heavy atom. The SMILES string of the molecule is C/C=C/[C@@H](O)CCCCCC1CCCC1. The molecule has 0 bridgehead atoms. The van der Waals surface area contributed by atoms with Crippen molar-refractivity contribution in [3.8, 4) is 0 Å². The van der Waals surface area contributed by atoms with Crippen molar-refractivity contribution in [3.05, 3.63) is 12.2 Å². The molecule has 1 nitrogen and oxygen atoms in total. The zero-order valence-corrected chi connectivity index (χ0v) is 10.1. The predicted octanol–water partition coefficient (Wildman–Crippen LogP) is 4.06. The Morgan fingerprint density at radius 1 is 1.20 bits per heavy atom. The molecule has 0 amide bonds. The average Bonchev–Trinajstić information content (AvgIpc) is 2.70. The van der Waals surface area contributed by atoms with E-state index >= 15 is 0 Å². The summed E-state index contributed by atoms with van der Waals surface area (Å²) in [5, 5.41) is 9.47. The lowest BCUT2D eigenvalue weighted by molar-refractivity contribution is 0.207. The molecule has 1 rings (SSSR count). The molecular formula is C14H26O. The van der Waals surface area contributed by atoms with Crippen LogP contribution in [0.2, 0.25) is 0 Å². The summed E-state index contributed by atoms with van der Waals surface area (Å²) in [4.78, 5) is 0. The van der Waals surface area contributed by atoms with Gasteiger partial charge in [-0.25, -0.2) is 0 Å².